The maximum absolute atomic E-state index is 11.9. The Morgan fingerprint density at radius 2 is 2.23 bits per heavy atom. The van der Waals surface area contributed by atoms with Gasteiger partial charge in [-0.05, 0) is 6.07 Å². The largest absolute Gasteiger partial charge is 0.464 e. The maximum atomic E-state index is 11.9. The summed E-state index contributed by atoms with van der Waals surface area (Å²) in [5.74, 6) is -0.790. The number of nitrogens with zero attached hydrogens (tertiary/aromatic N) is 3. The molecule has 1 heterocycles. The number of nitro groups is 1. The molecule has 0 aliphatic heterocycles. The van der Waals surface area contributed by atoms with Crippen LogP contribution in [0.1, 0.15) is 16.1 Å². The van der Waals surface area contributed by atoms with Crippen molar-refractivity contribution in [2.24, 2.45) is 0 Å². The Morgan fingerprint density at radius 3 is 2.77 bits per heavy atom. The molecule has 0 atom stereocenters. The monoisotopic (exact) mass is 320 g/mol. The van der Waals surface area contributed by atoms with E-state index in [0.717, 1.165) is 7.11 Å². The van der Waals surface area contributed by atoms with Crippen LogP contribution in [0.15, 0.2) is 24.4 Å². The number of hydrogen-bond acceptors (Lipinski definition) is 6. The van der Waals surface area contributed by atoms with Gasteiger partial charge in [-0.3, -0.25) is 10.1 Å². The van der Waals surface area contributed by atoms with E-state index in [2.05, 4.69) is 4.74 Å². The van der Waals surface area contributed by atoms with Gasteiger partial charge in [0.15, 0.2) is 5.69 Å². The zero-order valence-electron chi connectivity index (χ0n) is 11.2. The van der Waals surface area contributed by atoms with E-state index < -0.39 is 10.9 Å². The number of carbonyl (C=O) groups excluding carboxylic acids is 1. The molecule has 0 radical (unpaired) electrons. The van der Waals surface area contributed by atoms with Gasteiger partial charge < -0.3 is 15.0 Å². The van der Waals surface area contributed by atoms with Crippen LogP contribution in [0.2, 0.25) is 5.02 Å². The summed E-state index contributed by atoms with van der Waals surface area (Å²) in [6.45, 7) is 0. The summed E-state index contributed by atoms with van der Waals surface area (Å²) < 4.78 is 5.83. The van der Waals surface area contributed by atoms with Crippen molar-refractivity contribution in [1.29, 1.82) is 5.26 Å². The molecule has 1 aromatic carbocycles. The first-order valence-electron chi connectivity index (χ1n) is 5.84. The molecule has 1 aromatic heterocycles. The summed E-state index contributed by atoms with van der Waals surface area (Å²) >= 11 is 6.04. The van der Waals surface area contributed by atoms with Crippen LogP contribution in [0.5, 0.6) is 0 Å². The Hall–Kier alpha value is -3.05. The van der Waals surface area contributed by atoms with Gasteiger partial charge in [0.05, 0.1) is 34.0 Å². The molecule has 0 saturated heterocycles. The molecule has 2 rings (SSSR count). The number of anilines is 1. The number of nitrogen functional groups attached to an aromatic ring is 1. The fraction of sp³-hybridized carbons (Fsp3) is 0.0769. The lowest BCUT2D eigenvalue weighted by Crippen LogP contribution is -2.11. The van der Waals surface area contributed by atoms with E-state index in [-0.39, 0.29) is 33.3 Å². The van der Waals surface area contributed by atoms with E-state index in [0.29, 0.717) is 0 Å². The zero-order chi connectivity index (χ0) is 16.4. The Labute approximate surface area is 129 Å². The Kier molecular flexibility index (Phi) is 4.01. The van der Waals surface area contributed by atoms with Crippen molar-refractivity contribution in [3.05, 3.63) is 50.8 Å². The van der Waals surface area contributed by atoms with Crippen LogP contribution >= 0.6 is 11.6 Å². The molecule has 0 bridgehead atoms. The number of nitrogens with two attached hydrogens (primary N) is 1. The molecule has 0 aliphatic carbocycles. The Balaban J connectivity index is 2.78. The van der Waals surface area contributed by atoms with E-state index in [4.69, 9.17) is 22.6 Å². The van der Waals surface area contributed by atoms with Crippen LogP contribution in [0, 0.1) is 21.4 Å². The SMILES string of the molecule is COC(=O)c1c(N)c(C#N)cn1-c1cc([N+](=O)[O-])ccc1Cl. The van der Waals surface area contributed by atoms with Gasteiger partial charge in [-0.2, -0.15) is 5.26 Å². The second-order valence-corrected chi connectivity index (χ2v) is 4.58. The predicted molar refractivity (Wildman–Crippen MR) is 77.9 cm³/mol. The summed E-state index contributed by atoms with van der Waals surface area (Å²) in [5.41, 5.74) is 5.50. The normalized spacial score (nSPS) is 10.0. The molecule has 2 aromatic rings. The number of carbonyl (C=O) groups is 1. The highest BCUT2D eigenvalue weighted by Crippen LogP contribution is 2.31. The van der Waals surface area contributed by atoms with Crippen molar-refractivity contribution in [3.8, 4) is 11.8 Å². The van der Waals surface area contributed by atoms with Gasteiger partial charge in [0.2, 0.25) is 0 Å². The summed E-state index contributed by atoms with van der Waals surface area (Å²) in [5, 5.41) is 20.1. The van der Waals surface area contributed by atoms with Gasteiger partial charge in [-0.1, -0.05) is 11.6 Å². The van der Waals surface area contributed by atoms with Crippen LogP contribution in [0.25, 0.3) is 5.69 Å². The van der Waals surface area contributed by atoms with E-state index >= 15 is 0 Å². The molecule has 8 nitrogen and oxygen atoms in total. The number of halogens is 1. The van der Waals surface area contributed by atoms with Crippen molar-refractivity contribution in [1.82, 2.24) is 4.57 Å². The van der Waals surface area contributed by atoms with Crippen LogP contribution in [-0.2, 0) is 4.74 Å². The van der Waals surface area contributed by atoms with E-state index in [1.54, 1.807) is 0 Å². The molecule has 0 fully saturated rings. The first-order chi connectivity index (χ1) is 10.4. The zero-order valence-corrected chi connectivity index (χ0v) is 12.0. The first kappa shape index (κ1) is 15.3. The molecule has 22 heavy (non-hydrogen) atoms. The van der Waals surface area contributed by atoms with Crippen molar-refractivity contribution >= 4 is 28.9 Å². The quantitative estimate of drug-likeness (QED) is 0.525. The van der Waals surface area contributed by atoms with Crippen LogP contribution in [0.3, 0.4) is 0 Å². The minimum atomic E-state index is -0.790. The summed E-state index contributed by atoms with van der Waals surface area (Å²) in [4.78, 5) is 22.2. The Morgan fingerprint density at radius 1 is 1.55 bits per heavy atom. The number of benzene rings is 1. The number of aromatic nitrogens is 1. The lowest BCUT2D eigenvalue weighted by molar-refractivity contribution is -0.384. The highest BCUT2D eigenvalue weighted by Gasteiger charge is 2.23. The fourth-order valence-corrected chi connectivity index (χ4v) is 2.11. The van der Waals surface area contributed by atoms with Crippen molar-refractivity contribution in [3.63, 3.8) is 0 Å². The number of methoxy groups -OCH3 is 1. The minimum Gasteiger partial charge on any atom is -0.464 e. The van der Waals surface area contributed by atoms with Crippen LogP contribution < -0.4 is 5.73 Å². The van der Waals surface area contributed by atoms with Gasteiger partial charge in [0.1, 0.15) is 6.07 Å². The third-order valence-electron chi connectivity index (χ3n) is 2.94. The van der Waals surface area contributed by atoms with Crippen molar-refractivity contribution in [2.75, 3.05) is 12.8 Å². The minimum absolute atomic E-state index is 0.0305. The molecule has 0 spiro atoms. The molecule has 0 amide bonds. The molecular weight excluding hydrogens is 312 g/mol. The van der Waals surface area contributed by atoms with E-state index in [1.165, 1.54) is 29.0 Å². The summed E-state index contributed by atoms with van der Waals surface area (Å²) in [7, 11) is 1.15. The first-order valence-corrected chi connectivity index (χ1v) is 6.22. The average Bonchev–Trinajstić information content (AvgIpc) is 2.83. The topological polar surface area (TPSA) is 124 Å². The summed E-state index contributed by atoms with van der Waals surface area (Å²) in [6, 6.07) is 5.55. The van der Waals surface area contributed by atoms with Gasteiger partial charge >= 0.3 is 5.97 Å². The van der Waals surface area contributed by atoms with Crippen molar-refractivity contribution in [2.45, 2.75) is 0 Å². The second-order valence-electron chi connectivity index (χ2n) is 4.17. The molecular formula is C13H9ClN4O4. The molecule has 9 heteroatoms. The Bertz CT molecular complexity index is 822. The molecule has 112 valence electrons. The number of hydrogen-bond donors (Lipinski definition) is 1. The number of nitro benzene ring substituents is 1. The van der Waals surface area contributed by atoms with Gasteiger partial charge in [-0.25, -0.2) is 4.79 Å². The van der Waals surface area contributed by atoms with Gasteiger partial charge in [-0.15, -0.1) is 0 Å². The fourth-order valence-electron chi connectivity index (χ4n) is 1.90. The maximum Gasteiger partial charge on any atom is 0.357 e. The third-order valence-corrected chi connectivity index (χ3v) is 3.26. The van der Waals surface area contributed by atoms with E-state index in [1.807, 2.05) is 6.07 Å². The van der Waals surface area contributed by atoms with Crippen LogP contribution in [0.4, 0.5) is 11.4 Å². The van der Waals surface area contributed by atoms with E-state index in [9.17, 15) is 14.9 Å². The number of esters is 1. The molecule has 0 aliphatic rings. The van der Waals surface area contributed by atoms with Gasteiger partial charge in [0, 0.05) is 18.3 Å². The third kappa shape index (κ3) is 2.45. The standard InChI is InChI=1S/C13H9ClN4O4/c1-22-13(19)12-11(16)7(5-15)6-17(12)10-4-8(18(20)21)2-3-9(10)14/h2-4,6H,16H2,1H3. The number of non-ortho nitro benzene ring substituents is 1. The molecule has 0 unspecified atom stereocenters. The average molecular weight is 321 g/mol. The van der Waals surface area contributed by atoms with Gasteiger partial charge in [0.25, 0.3) is 5.69 Å². The van der Waals surface area contributed by atoms with Crippen LogP contribution in [-0.4, -0.2) is 22.6 Å². The number of ether oxygens (including phenoxy) is 1. The smallest absolute Gasteiger partial charge is 0.357 e. The molecule has 2 N–H and O–H groups in total. The van der Waals surface area contributed by atoms with Crippen molar-refractivity contribution < 1.29 is 14.5 Å². The second kappa shape index (κ2) is 5.75. The number of nitriles is 1. The lowest BCUT2D eigenvalue weighted by atomic mass is 10.2. The number of rotatable bonds is 3. The predicted octanol–water partition coefficient (Wildman–Crippen LogP) is 2.28. The highest BCUT2D eigenvalue weighted by atomic mass is 35.5. The molecule has 0 saturated carbocycles. The summed E-state index contributed by atoms with van der Waals surface area (Å²) in [6.07, 6.45) is 1.27. The highest BCUT2D eigenvalue weighted by molar-refractivity contribution is 6.32. The lowest BCUT2D eigenvalue weighted by Gasteiger charge is -2.10.